The second kappa shape index (κ2) is 3.92. The standard InChI is InChI=1S/C9H19NO3/c1-9(2,3)10-6-4-7(11)13-8(12)5-6/h6-8,10-12H,4-5H2,1-3H3. The van der Waals surface area contributed by atoms with E-state index in [0.29, 0.717) is 12.8 Å². The Hall–Kier alpha value is -0.160. The summed E-state index contributed by atoms with van der Waals surface area (Å²) in [6, 6.07) is 0.124. The van der Waals surface area contributed by atoms with E-state index in [1.165, 1.54) is 0 Å². The van der Waals surface area contributed by atoms with Crippen LogP contribution in [0.3, 0.4) is 0 Å². The molecule has 78 valence electrons. The van der Waals surface area contributed by atoms with E-state index in [1.807, 2.05) is 0 Å². The van der Waals surface area contributed by atoms with Crippen molar-refractivity contribution in [2.75, 3.05) is 0 Å². The third kappa shape index (κ3) is 4.04. The van der Waals surface area contributed by atoms with Crippen molar-refractivity contribution in [3.63, 3.8) is 0 Å². The molecule has 0 saturated carbocycles. The van der Waals surface area contributed by atoms with Crippen molar-refractivity contribution in [3.05, 3.63) is 0 Å². The third-order valence-corrected chi connectivity index (χ3v) is 1.92. The van der Waals surface area contributed by atoms with Crippen molar-refractivity contribution in [1.82, 2.24) is 5.32 Å². The lowest BCUT2D eigenvalue weighted by Gasteiger charge is -2.35. The van der Waals surface area contributed by atoms with E-state index in [-0.39, 0.29) is 11.6 Å². The quantitative estimate of drug-likeness (QED) is 0.551. The molecule has 0 amide bonds. The van der Waals surface area contributed by atoms with Crippen LogP contribution in [0.4, 0.5) is 0 Å². The Bertz CT molecular complexity index is 157. The van der Waals surface area contributed by atoms with Crippen LogP contribution in [0.1, 0.15) is 33.6 Å². The van der Waals surface area contributed by atoms with E-state index in [9.17, 15) is 10.2 Å². The van der Waals surface area contributed by atoms with Crippen LogP contribution in [0, 0.1) is 0 Å². The zero-order valence-electron chi connectivity index (χ0n) is 8.45. The Morgan fingerprint density at radius 1 is 1.15 bits per heavy atom. The highest BCUT2D eigenvalue weighted by Crippen LogP contribution is 2.18. The smallest absolute Gasteiger partial charge is 0.159 e. The van der Waals surface area contributed by atoms with E-state index >= 15 is 0 Å². The lowest BCUT2D eigenvalue weighted by atomic mass is 10.0. The predicted octanol–water partition coefficient (Wildman–Crippen LogP) is 0.190. The van der Waals surface area contributed by atoms with Gasteiger partial charge in [-0.2, -0.15) is 0 Å². The molecule has 0 radical (unpaired) electrons. The van der Waals surface area contributed by atoms with E-state index in [0.717, 1.165) is 0 Å². The molecule has 4 nitrogen and oxygen atoms in total. The molecule has 0 aromatic carbocycles. The monoisotopic (exact) mass is 189 g/mol. The summed E-state index contributed by atoms with van der Waals surface area (Å²) < 4.78 is 4.80. The summed E-state index contributed by atoms with van der Waals surface area (Å²) >= 11 is 0. The minimum Gasteiger partial charge on any atom is -0.368 e. The molecule has 1 rings (SSSR count). The first-order valence-electron chi connectivity index (χ1n) is 4.66. The molecule has 0 spiro atoms. The summed E-state index contributed by atoms with van der Waals surface area (Å²) in [5, 5.41) is 21.8. The summed E-state index contributed by atoms with van der Waals surface area (Å²) in [6.07, 6.45) is -0.616. The maximum absolute atomic E-state index is 9.22. The van der Waals surface area contributed by atoms with E-state index in [2.05, 4.69) is 26.1 Å². The molecule has 1 heterocycles. The Labute approximate surface area is 78.9 Å². The number of aliphatic hydroxyl groups is 2. The number of hydrogen-bond donors (Lipinski definition) is 3. The molecule has 1 aliphatic heterocycles. The minimum atomic E-state index is -0.844. The van der Waals surface area contributed by atoms with Gasteiger partial charge < -0.3 is 20.3 Å². The molecule has 0 aliphatic carbocycles. The van der Waals surface area contributed by atoms with Crippen LogP contribution in [0.5, 0.6) is 0 Å². The van der Waals surface area contributed by atoms with E-state index in [1.54, 1.807) is 0 Å². The van der Waals surface area contributed by atoms with E-state index in [4.69, 9.17) is 4.74 Å². The molecule has 1 aliphatic rings. The van der Waals surface area contributed by atoms with Crippen LogP contribution < -0.4 is 5.32 Å². The van der Waals surface area contributed by atoms with Crippen molar-refractivity contribution in [2.24, 2.45) is 0 Å². The first-order valence-corrected chi connectivity index (χ1v) is 4.66. The van der Waals surface area contributed by atoms with E-state index < -0.39 is 12.6 Å². The van der Waals surface area contributed by atoms with Crippen LogP contribution in [0.2, 0.25) is 0 Å². The maximum atomic E-state index is 9.22. The Morgan fingerprint density at radius 3 is 2.00 bits per heavy atom. The first-order chi connectivity index (χ1) is 5.87. The predicted molar refractivity (Wildman–Crippen MR) is 49.0 cm³/mol. The number of rotatable bonds is 1. The van der Waals surface area contributed by atoms with Crippen molar-refractivity contribution in [3.8, 4) is 0 Å². The van der Waals surface area contributed by atoms with Crippen LogP contribution in [-0.4, -0.2) is 34.4 Å². The van der Waals surface area contributed by atoms with Gasteiger partial charge in [0.05, 0.1) is 0 Å². The lowest BCUT2D eigenvalue weighted by Crippen LogP contribution is -2.50. The molecule has 4 heteroatoms. The summed E-state index contributed by atoms with van der Waals surface area (Å²) in [7, 11) is 0. The molecule has 2 atom stereocenters. The van der Waals surface area contributed by atoms with Gasteiger partial charge in [-0.1, -0.05) is 0 Å². The fraction of sp³-hybridized carbons (Fsp3) is 1.00. The molecule has 1 saturated heterocycles. The van der Waals surface area contributed by atoms with Gasteiger partial charge >= 0.3 is 0 Å². The number of ether oxygens (including phenoxy) is 1. The molecule has 0 bridgehead atoms. The van der Waals surface area contributed by atoms with Crippen molar-refractivity contribution in [2.45, 2.75) is 57.8 Å². The van der Waals surface area contributed by atoms with Gasteiger partial charge in [0.2, 0.25) is 0 Å². The van der Waals surface area contributed by atoms with Crippen LogP contribution in [0.15, 0.2) is 0 Å². The maximum Gasteiger partial charge on any atom is 0.159 e. The number of hydrogen-bond acceptors (Lipinski definition) is 4. The average molecular weight is 189 g/mol. The zero-order valence-corrected chi connectivity index (χ0v) is 8.45. The van der Waals surface area contributed by atoms with Gasteiger partial charge in [-0.15, -0.1) is 0 Å². The molecule has 0 aromatic rings. The summed E-state index contributed by atoms with van der Waals surface area (Å²) in [4.78, 5) is 0. The minimum absolute atomic E-state index is 0.00144. The van der Waals surface area contributed by atoms with Crippen LogP contribution in [0.25, 0.3) is 0 Å². The normalized spacial score (nSPS) is 36.2. The fourth-order valence-corrected chi connectivity index (χ4v) is 1.61. The molecular formula is C9H19NO3. The summed E-state index contributed by atoms with van der Waals surface area (Å²) in [5.41, 5.74) is 0.00144. The third-order valence-electron chi connectivity index (χ3n) is 1.92. The molecule has 1 fully saturated rings. The van der Waals surface area contributed by atoms with Crippen molar-refractivity contribution >= 4 is 0 Å². The highest BCUT2D eigenvalue weighted by molar-refractivity contribution is 4.81. The van der Waals surface area contributed by atoms with Crippen molar-refractivity contribution < 1.29 is 14.9 Å². The Morgan fingerprint density at radius 2 is 1.62 bits per heavy atom. The van der Waals surface area contributed by atoms with Gasteiger partial charge in [0, 0.05) is 24.4 Å². The molecule has 2 unspecified atom stereocenters. The molecule has 0 aromatic heterocycles. The second-order valence-electron chi connectivity index (χ2n) is 4.61. The average Bonchev–Trinajstić information content (AvgIpc) is 1.78. The SMILES string of the molecule is CC(C)(C)NC1CC(O)OC(O)C1. The van der Waals surface area contributed by atoms with Gasteiger partial charge in [-0.25, -0.2) is 0 Å². The topological polar surface area (TPSA) is 61.7 Å². The molecule has 3 N–H and O–H groups in total. The van der Waals surface area contributed by atoms with Gasteiger partial charge in [0.15, 0.2) is 12.6 Å². The van der Waals surface area contributed by atoms with Crippen molar-refractivity contribution in [1.29, 1.82) is 0 Å². The van der Waals surface area contributed by atoms with Gasteiger partial charge in [-0.05, 0) is 20.8 Å². The van der Waals surface area contributed by atoms with Crippen LogP contribution in [-0.2, 0) is 4.74 Å². The van der Waals surface area contributed by atoms with Crippen LogP contribution >= 0.6 is 0 Å². The van der Waals surface area contributed by atoms with Gasteiger partial charge in [-0.3, -0.25) is 0 Å². The first kappa shape index (κ1) is 10.9. The van der Waals surface area contributed by atoms with Gasteiger partial charge in [0.25, 0.3) is 0 Å². The lowest BCUT2D eigenvalue weighted by molar-refractivity contribution is -0.238. The van der Waals surface area contributed by atoms with Gasteiger partial charge in [0.1, 0.15) is 0 Å². The largest absolute Gasteiger partial charge is 0.368 e. The second-order valence-corrected chi connectivity index (χ2v) is 4.61. The summed E-state index contributed by atoms with van der Waals surface area (Å²) in [5.74, 6) is 0. The highest BCUT2D eigenvalue weighted by atomic mass is 16.7. The Balaban J connectivity index is 2.42. The number of aliphatic hydroxyl groups excluding tert-OH is 2. The molecular weight excluding hydrogens is 170 g/mol. The zero-order chi connectivity index (χ0) is 10.1. The Kier molecular flexibility index (Phi) is 3.29. The highest BCUT2D eigenvalue weighted by Gasteiger charge is 2.28. The summed E-state index contributed by atoms with van der Waals surface area (Å²) in [6.45, 7) is 6.17. The fourth-order valence-electron chi connectivity index (χ4n) is 1.61. The number of nitrogens with one attached hydrogen (secondary N) is 1. The molecule has 13 heavy (non-hydrogen) atoms.